The number of ether oxygens (including phenoxy) is 1. The highest BCUT2D eigenvalue weighted by Crippen LogP contribution is 2.35. The van der Waals surface area contributed by atoms with E-state index in [0.717, 1.165) is 16.8 Å². The molecule has 2 aliphatic heterocycles. The fourth-order valence-corrected chi connectivity index (χ4v) is 5.57. The Kier molecular flexibility index (Phi) is 7.39. The van der Waals surface area contributed by atoms with Crippen molar-refractivity contribution in [2.75, 3.05) is 53.9 Å². The molecule has 0 unspecified atom stereocenters. The van der Waals surface area contributed by atoms with Gasteiger partial charge in [0.05, 0.1) is 43.7 Å². The predicted molar refractivity (Wildman–Crippen MR) is 146 cm³/mol. The van der Waals surface area contributed by atoms with Crippen LogP contribution in [0.15, 0.2) is 36.8 Å². The number of hydrogen-bond acceptors (Lipinski definition) is 6. The molecule has 0 bridgehead atoms. The van der Waals surface area contributed by atoms with Gasteiger partial charge in [0.25, 0.3) is 5.91 Å². The first-order chi connectivity index (χ1) is 18.6. The minimum atomic E-state index is -2.01. The molecular formula is C27H33ClFN7O3. The number of methoxy groups -OCH3 is 1. The average molecular weight is 558 g/mol. The van der Waals surface area contributed by atoms with Crippen LogP contribution in [0.3, 0.4) is 0 Å². The minimum Gasteiger partial charge on any atom is -0.494 e. The van der Waals surface area contributed by atoms with Crippen LogP contribution in [0, 0.1) is 6.92 Å². The SMILES string of the molecule is COc1cc(-c2cnn(C3CCN(C(=O)C4(F)CN(C(=O)/C=C/CN(C)C)C4)CC3)c2C)cn2ncc(Cl)c12. The number of amides is 2. The van der Waals surface area contributed by atoms with Crippen LogP contribution in [0.1, 0.15) is 24.6 Å². The molecule has 208 valence electrons. The number of likely N-dealkylation sites (N-methyl/N-ethyl adjacent to an activating group) is 1. The van der Waals surface area contributed by atoms with Gasteiger partial charge in [-0.3, -0.25) is 14.3 Å². The van der Waals surface area contributed by atoms with Crippen molar-refractivity contribution >= 4 is 28.9 Å². The number of fused-ring (bicyclic) bond motifs is 1. The second-order valence-electron chi connectivity index (χ2n) is 10.5. The normalized spacial score (nSPS) is 17.8. The third-order valence-corrected chi connectivity index (χ3v) is 7.79. The number of rotatable bonds is 7. The van der Waals surface area contributed by atoms with E-state index in [1.54, 1.807) is 28.8 Å². The van der Waals surface area contributed by atoms with E-state index in [1.807, 2.05) is 49.1 Å². The van der Waals surface area contributed by atoms with Gasteiger partial charge in [-0.05, 0) is 39.9 Å². The van der Waals surface area contributed by atoms with Gasteiger partial charge in [0.1, 0.15) is 11.3 Å². The van der Waals surface area contributed by atoms with Crippen LogP contribution in [0.2, 0.25) is 5.02 Å². The summed E-state index contributed by atoms with van der Waals surface area (Å²) < 4.78 is 24.6. The van der Waals surface area contributed by atoms with E-state index in [2.05, 4.69) is 10.2 Å². The van der Waals surface area contributed by atoms with E-state index in [0.29, 0.717) is 48.8 Å². The van der Waals surface area contributed by atoms with Crippen LogP contribution >= 0.6 is 11.6 Å². The van der Waals surface area contributed by atoms with Gasteiger partial charge in [0.15, 0.2) is 0 Å². The van der Waals surface area contributed by atoms with E-state index < -0.39 is 11.6 Å². The first kappa shape index (κ1) is 27.1. The zero-order chi connectivity index (χ0) is 27.9. The molecule has 0 spiro atoms. The van der Waals surface area contributed by atoms with Crippen LogP contribution in [0.25, 0.3) is 16.6 Å². The van der Waals surface area contributed by atoms with Crippen LogP contribution in [0.4, 0.5) is 4.39 Å². The Bertz CT molecular complexity index is 1420. The number of likely N-dealkylation sites (tertiary alicyclic amines) is 2. The summed E-state index contributed by atoms with van der Waals surface area (Å²) in [6.45, 7) is 3.10. The standard InChI is InChI=1S/C27H33ClFN7O3/c1-18-21(19-12-23(39-4)25-22(28)14-30-35(25)15-19)13-31-36(18)20-7-10-33(11-8-20)26(38)27(29)16-34(17-27)24(37)6-5-9-32(2)3/h5-6,12-15,20H,7-11,16-17H2,1-4H3/b6-5+. The number of piperidine rings is 1. The quantitative estimate of drug-likeness (QED) is 0.415. The van der Waals surface area contributed by atoms with Crippen molar-refractivity contribution in [2.24, 2.45) is 0 Å². The summed E-state index contributed by atoms with van der Waals surface area (Å²) in [7, 11) is 5.39. The zero-order valence-electron chi connectivity index (χ0n) is 22.6. The van der Waals surface area contributed by atoms with Crippen molar-refractivity contribution in [1.29, 1.82) is 0 Å². The summed E-state index contributed by atoms with van der Waals surface area (Å²) >= 11 is 6.26. The molecule has 5 heterocycles. The fraction of sp³-hybridized carbons (Fsp3) is 0.481. The Balaban J connectivity index is 1.21. The summed E-state index contributed by atoms with van der Waals surface area (Å²) in [4.78, 5) is 30.1. The van der Waals surface area contributed by atoms with E-state index >= 15 is 4.39 Å². The number of alkyl halides is 1. The van der Waals surface area contributed by atoms with Crippen molar-refractivity contribution in [2.45, 2.75) is 31.5 Å². The molecule has 12 heteroatoms. The van der Waals surface area contributed by atoms with Crippen molar-refractivity contribution in [1.82, 2.24) is 34.1 Å². The van der Waals surface area contributed by atoms with Crippen LogP contribution in [0.5, 0.6) is 5.75 Å². The molecular weight excluding hydrogens is 525 g/mol. The summed E-state index contributed by atoms with van der Waals surface area (Å²) in [5, 5.41) is 9.48. The molecule has 3 aromatic heterocycles. The summed E-state index contributed by atoms with van der Waals surface area (Å²) in [5.41, 5.74) is 1.52. The van der Waals surface area contributed by atoms with Crippen molar-refractivity contribution in [3.8, 4) is 16.9 Å². The lowest BCUT2D eigenvalue weighted by Gasteiger charge is -2.45. The Labute approximate surface area is 231 Å². The molecule has 0 radical (unpaired) electrons. The number of carbonyl (C=O) groups is 2. The number of aromatic nitrogens is 4. The van der Waals surface area contributed by atoms with E-state index in [-0.39, 0.29) is 25.0 Å². The molecule has 0 N–H and O–H groups in total. The van der Waals surface area contributed by atoms with Gasteiger partial charge >= 0.3 is 0 Å². The molecule has 10 nitrogen and oxygen atoms in total. The molecule has 2 saturated heterocycles. The van der Waals surface area contributed by atoms with E-state index in [1.165, 1.54) is 11.0 Å². The Hall–Kier alpha value is -3.44. The number of halogens is 2. The molecule has 0 saturated carbocycles. The molecule has 2 fully saturated rings. The lowest BCUT2D eigenvalue weighted by atomic mass is 9.92. The largest absolute Gasteiger partial charge is 0.494 e. The van der Waals surface area contributed by atoms with Crippen LogP contribution in [-0.4, -0.2) is 106 Å². The van der Waals surface area contributed by atoms with Crippen molar-refractivity contribution < 1.29 is 18.7 Å². The monoisotopic (exact) mass is 557 g/mol. The topological polar surface area (TPSA) is 88.2 Å². The average Bonchev–Trinajstić information content (AvgIpc) is 3.47. The molecule has 39 heavy (non-hydrogen) atoms. The number of pyridine rings is 1. The Morgan fingerprint density at radius 3 is 2.59 bits per heavy atom. The molecule has 0 aliphatic carbocycles. The van der Waals surface area contributed by atoms with Gasteiger partial charge in [-0.15, -0.1) is 0 Å². The highest BCUT2D eigenvalue weighted by atomic mass is 35.5. The molecule has 2 amide bonds. The fourth-order valence-electron chi connectivity index (χ4n) is 5.34. The molecule has 0 aromatic carbocycles. The first-order valence-corrected chi connectivity index (χ1v) is 13.3. The third kappa shape index (κ3) is 5.12. The van der Waals surface area contributed by atoms with E-state index in [9.17, 15) is 9.59 Å². The highest BCUT2D eigenvalue weighted by molar-refractivity contribution is 6.34. The van der Waals surface area contributed by atoms with Crippen LogP contribution < -0.4 is 4.74 Å². The lowest BCUT2D eigenvalue weighted by Crippen LogP contribution is -2.68. The van der Waals surface area contributed by atoms with Gasteiger partial charge in [-0.1, -0.05) is 17.7 Å². The Morgan fingerprint density at radius 2 is 1.92 bits per heavy atom. The minimum absolute atomic E-state index is 0.0874. The van der Waals surface area contributed by atoms with Crippen LogP contribution in [-0.2, 0) is 9.59 Å². The maximum Gasteiger partial charge on any atom is 0.264 e. The lowest BCUT2D eigenvalue weighted by molar-refractivity contribution is -0.162. The Morgan fingerprint density at radius 1 is 1.21 bits per heavy atom. The maximum absolute atomic E-state index is 15.3. The van der Waals surface area contributed by atoms with E-state index in [4.69, 9.17) is 16.3 Å². The molecule has 3 aromatic rings. The van der Waals surface area contributed by atoms with Gasteiger partial charge in [0, 0.05) is 48.7 Å². The predicted octanol–water partition coefficient (Wildman–Crippen LogP) is 3.00. The number of carbonyl (C=O) groups excluding carboxylic acids is 2. The number of nitrogens with zero attached hydrogens (tertiary/aromatic N) is 7. The first-order valence-electron chi connectivity index (χ1n) is 12.9. The van der Waals surface area contributed by atoms with Gasteiger partial charge in [-0.2, -0.15) is 10.2 Å². The molecule has 5 rings (SSSR count). The second kappa shape index (κ2) is 10.6. The summed E-state index contributed by atoms with van der Waals surface area (Å²) in [5.74, 6) is -0.178. The number of hydrogen-bond donors (Lipinski definition) is 0. The smallest absolute Gasteiger partial charge is 0.264 e. The third-order valence-electron chi connectivity index (χ3n) is 7.51. The highest BCUT2D eigenvalue weighted by Gasteiger charge is 2.53. The maximum atomic E-state index is 15.3. The second-order valence-corrected chi connectivity index (χ2v) is 10.9. The van der Waals surface area contributed by atoms with Gasteiger partial charge < -0.3 is 19.4 Å². The summed E-state index contributed by atoms with van der Waals surface area (Å²) in [6, 6.07) is 2.01. The van der Waals surface area contributed by atoms with Crippen molar-refractivity contribution in [3.63, 3.8) is 0 Å². The van der Waals surface area contributed by atoms with Gasteiger partial charge in [0.2, 0.25) is 11.6 Å². The molecule has 0 atom stereocenters. The summed E-state index contributed by atoms with van der Waals surface area (Å²) in [6.07, 6.45) is 9.80. The zero-order valence-corrected chi connectivity index (χ0v) is 23.4. The van der Waals surface area contributed by atoms with Gasteiger partial charge in [-0.25, -0.2) is 8.91 Å². The van der Waals surface area contributed by atoms with Crippen molar-refractivity contribution in [3.05, 3.63) is 47.5 Å². The molecule has 2 aliphatic rings.